The number of fused-ring (bicyclic) bond motifs is 11. The third-order valence-corrected chi connectivity index (χ3v) is 13.8. The Bertz CT molecular complexity index is 3820. The second-order valence-electron chi connectivity index (χ2n) is 16.9. The smallest absolute Gasteiger partial charge is 0.423 e. The van der Waals surface area contributed by atoms with Crippen molar-refractivity contribution < 1.29 is 10.0 Å². The van der Waals surface area contributed by atoms with Crippen LogP contribution in [-0.4, -0.2) is 17.2 Å². The Balaban J connectivity index is 0.000000139. The Morgan fingerprint density at radius 2 is 0.582 bits per heavy atom. The van der Waals surface area contributed by atoms with Gasteiger partial charge in [0.2, 0.25) is 0 Å². The first-order chi connectivity index (χ1) is 32.9. The summed E-state index contributed by atoms with van der Waals surface area (Å²) in [5, 5.41) is 38.3. The minimum atomic E-state index is -1.44. The van der Waals surface area contributed by atoms with Crippen molar-refractivity contribution in [1.82, 2.24) is 0 Å². The van der Waals surface area contributed by atoms with Gasteiger partial charge in [0.15, 0.2) is 0 Å². The van der Waals surface area contributed by atoms with Gasteiger partial charge in [0.1, 0.15) is 0 Å². The van der Waals surface area contributed by atoms with Gasteiger partial charge in [-0.25, -0.2) is 0 Å². The van der Waals surface area contributed by atoms with Crippen LogP contribution in [0.25, 0.3) is 108 Å². The summed E-state index contributed by atoms with van der Waals surface area (Å²) in [5.74, 6) is 0. The van der Waals surface area contributed by atoms with Crippen LogP contribution in [0, 0.1) is 0 Å². The van der Waals surface area contributed by atoms with E-state index in [0.29, 0.717) is 5.46 Å². The Hall–Kier alpha value is -7.12. The van der Waals surface area contributed by atoms with Gasteiger partial charge in [-0.05, 0) is 162 Å². The van der Waals surface area contributed by atoms with Gasteiger partial charge in [-0.15, -0.1) is 0 Å². The Kier molecular flexibility index (Phi) is 11.6. The van der Waals surface area contributed by atoms with E-state index >= 15 is 0 Å². The number of halogens is 2. The first-order valence-corrected chi connectivity index (χ1v) is 23.9. The van der Waals surface area contributed by atoms with E-state index in [1.54, 1.807) is 0 Å². The van der Waals surface area contributed by atoms with E-state index in [4.69, 9.17) is 0 Å². The van der Waals surface area contributed by atoms with Crippen LogP contribution in [0.1, 0.15) is 0 Å². The molecule has 0 amide bonds. The first-order valence-electron chi connectivity index (χ1n) is 22.3. The fraction of sp³-hybridized carbons (Fsp3) is 0. The standard InChI is InChI=1S/C38H24.C14H11BO2.C10H6Br2/c1-3-11-31-26(9-1)23-37(35-15-7-5-13-33(31)35)28-19-17-25-18-20-29(22-30(25)21-28)38-24-27-10-2-4-12-32(27)34-14-6-8-16-36(34)38;16-15(17)14-9-10-5-1-2-6-11(10)12-7-3-4-8-13(12)14;11-9-3-1-7-2-4-10(12)6-8(7)5-9/h1-24H;1-9,16-17H;1-6H. The van der Waals surface area contributed by atoms with Gasteiger partial charge in [0.05, 0.1) is 0 Å². The van der Waals surface area contributed by atoms with E-state index in [1.165, 1.54) is 86.9 Å². The fourth-order valence-corrected chi connectivity index (χ4v) is 10.4. The summed E-state index contributed by atoms with van der Waals surface area (Å²) in [6.07, 6.45) is 0. The zero-order chi connectivity index (χ0) is 45.4. The van der Waals surface area contributed by atoms with Gasteiger partial charge in [-0.1, -0.05) is 220 Å². The van der Waals surface area contributed by atoms with Crippen LogP contribution in [0.15, 0.2) is 246 Å². The van der Waals surface area contributed by atoms with Crippen LogP contribution < -0.4 is 5.46 Å². The summed E-state index contributed by atoms with van der Waals surface area (Å²) in [4.78, 5) is 0. The van der Waals surface area contributed by atoms with Crippen molar-refractivity contribution in [1.29, 1.82) is 0 Å². The molecule has 0 aliphatic heterocycles. The first kappa shape index (κ1) is 42.5. The van der Waals surface area contributed by atoms with Gasteiger partial charge in [-0.3, -0.25) is 0 Å². The van der Waals surface area contributed by atoms with E-state index in [9.17, 15) is 10.0 Å². The van der Waals surface area contributed by atoms with Gasteiger partial charge in [0.25, 0.3) is 0 Å². The molecular formula is C62H41BBr2O2. The number of benzene rings is 13. The Morgan fingerprint density at radius 3 is 1.01 bits per heavy atom. The van der Waals surface area contributed by atoms with Crippen molar-refractivity contribution in [3.8, 4) is 22.3 Å². The zero-order valence-electron chi connectivity index (χ0n) is 36.2. The van der Waals surface area contributed by atoms with E-state index in [1.807, 2.05) is 54.6 Å². The molecule has 0 unspecified atom stereocenters. The van der Waals surface area contributed by atoms with Crippen molar-refractivity contribution >= 4 is 131 Å². The van der Waals surface area contributed by atoms with Crippen molar-refractivity contribution in [2.75, 3.05) is 0 Å². The zero-order valence-corrected chi connectivity index (χ0v) is 39.4. The van der Waals surface area contributed by atoms with Crippen molar-refractivity contribution in [2.24, 2.45) is 0 Å². The molecule has 318 valence electrons. The lowest BCUT2D eigenvalue weighted by molar-refractivity contribution is 0.426. The van der Waals surface area contributed by atoms with Crippen molar-refractivity contribution in [3.63, 3.8) is 0 Å². The maximum atomic E-state index is 9.44. The minimum Gasteiger partial charge on any atom is -0.423 e. The third-order valence-electron chi connectivity index (χ3n) is 12.8. The van der Waals surface area contributed by atoms with Crippen LogP contribution in [0.4, 0.5) is 0 Å². The van der Waals surface area contributed by atoms with Gasteiger partial charge in [0, 0.05) is 8.95 Å². The van der Waals surface area contributed by atoms with E-state index < -0.39 is 7.12 Å². The van der Waals surface area contributed by atoms with Crippen molar-refractivity contribution in [3.05, 3.63) is 246 Å². The summed E-state index contributed by atoms with van der Waals surface area (Å²) < 4.78 is 2.24. The average Bonchev–Trinajstić information content (AvgIpc) is 3.38. The number of hydrogen-bond acceptors (Lipinski definition) is 2. The van der Waals surface area contributed by atoms with Gasteiger partial charge in [-0.2, -0.15) is 0 Å². The molecule has 0 bridgehead atoms. The molecule has 0 atom stereocenters. The van der Waals surface area contributed by atoms with E-state index in [2.05, 4.69) is 214 Å². The molecule has 0 heterocycles. The summed E-state index contributed by atoms with van der Waals surface area (Å²) in [7, 11) is -1.44. The average molecular weight is 989 g/mol. The molecule has 5 heteroatoms. The highest BCUT2D eigenvalue weighted by molar-refractivity contribution is 9.10. The number of rotatable bonds is 3. The van der Waals surface area contributed by atoms with E-state index in [0.717, 1.165) is 30.5 Å². The summed E-state index contributed by atoms with van der Waals surface area (Å²) in [6, 6.07) is 83.5. The maximum Gasteiger partial charge on any atom is 0.489 e. The highest BCUT2D eigenvalue weighted by atomic mass is 79.9. The highest BCUT2D eigenvalue weighted by Gasteiger charge is 2.16. The van der Waals surface area contributed by atoms with Gasteiger partial charge < -0.3 is 10.0 Å². The predicted octanol–water partition coefficient (Wildman–Crippen LogP) is 16.8. The SMILES string of the molecule is Brc1ccc2ccc(Br)cc2c1.OB(O)c1cc2ccccc2c2ccccc12.c1ccc2c(c1)cc(-c1ccc3ccc(-c4cc5ccccc5c5ccccc45)cc3c1)c1ccccc12. The monoisotopic (exact) mass is 986 g/mol. The maximum absolute atomic E-state index is 9.44. The molecule has 13 aromatic rings. The minimum absolute atomic E-state index is 0.555. The third kappa shape index (κ3) is 8.37. The molecule has 0 fully saturated rings. The van der Waals surface area contributed by atoms with Crippen molar-refractivity contribution in [2.45, 2.75) is 0 Å². The summed E-state index contributed by atoms with van der Waals surface area (Å²) in [5.41, 5.74) is 5.62. The van der Waals surface area contributed by atoms with Gasteiger partial charge >= 0.3 is 7.12 Å². The summed E-state index contributed by atoms with van der Waals surface area (Å²) >= 11 is 6.88. The Labute approximate surface area is 405 Å². The quantitative estimate of drug-likeness (QED) is 0.137. The molecule has 13 rings (SSSR count). The second-order valence-corrected chi connectivity index (χ2v) is 18.7. The normalized spacial score (nSPS) is 11.3. The second kappa shape index (κ2) is 18.3. The van der Waals surface area contributed by atoms with E-state index in [-0.39, 0.29) is 0 Å². The fourth-order valence-electron chi connectivity index (χ4n) is 9.65. The molecular weight excluding hydrogens is 947 g/mol. The highest BCUT2D eigenvalue weighted by Crippen LogP contribution is 2.39. The molecule has 0 aliphatic carbocycles. The molecule has 0 aliphatic rings. The largest absolute Gasteiger partial charge is 0.489 e. The topological polar surface area (TPSA) is 40.5 Å². The molecule has 0 saturated carbocycles. The lowest BCUT2D eigenvalue weighted by atomic mass is 9.76. The Morgan fingerprint density at radius 1 is 0.254 bits per heavy atom. The van der Waals surface area contributed by atoms with Crippen LogP contribution in [0.2, 0.25) is 0 Å². The summed E-state index contributed by atoms with van der Waals surface area (Å²) in [6.45, 7) is 0. The molecule has 0 spiro atoms. The van der Waals surface area contributed by atoms with Crippen LogP contribution in [0.5, 0.6) is 0 Å². The number of hydrogen-bond donors (Lipinski definition) is 2. The molecule has 67 heavy (non-hydrogen) atoms. The molecule has 2 nitrogen and oxygen atoms in total. The molecule has 13 aromatic carbocycles. The lowest BCUT2D eigenvalue weighted by Gasteiger charge is -2.13. The predicted molar refractivity (Wildman–Crippen MR) is 295 cm³/mol. The van der Waals surface area contributed by atoms with Crippen LogP contribution in [0.3, 0.4) is 0 Å². The van der Waals surface area contributed by atoms with Crippen LogP contribution >= 0.6 is 31.9 Å². The lowest BCUT2D eigenvalue weighted by Crippen LogP contribution is -2.30. The molecule has 0 aromatic heterocycles. The molecule has 0 radical (unpaired) electrons. The molecule has 2 N–H and O–H groups in total. The van der Waals surface area contributed by atoms with Crippen LogP contribution in [-0.2, 0) is 0 Å². The molecule has 0 saturated heterocycles.